The Hall–Kier alpha value is -1.84. The van der Waals surface area contributed by atoms with E-state index in [2.05, 4.69) is 20.4 Å². The molecule has 1 aliphatic rings. The molecule has 0 N–H and O–H groups in total. The van der Waals surface area contributed by atoms with Crippen molar-refractivity contribution in [1.29, 1.82) is 0 Å². The zero-order chi connectivity index (χ0) is 16.3. The van der Waals surface area contributed by atoms with Crippen LogP contribution in [0.1, 0.15) is 12.8 Å². The van der Waals surface area contributed by atoms with E-state index >= 15 is 0 Å². The lowest BCUT2D eigenvalue weighted by molar-refractivity contribution is 0.310. The first-order valence-corrected chi connectivity index (χ1v) is 9.03. The van der Waals surface area contributed by atoms with Crippen LogP contribution in [-0.4, -0.2) is 71.1 Å². The SMILES string of the molecule is CN(CCN1CCCC1)S(=O)(=O)c1cccc(-n2cnnn2)c1. The lowest BCUT2D eigenvalue weighted by atomic mass is 10.3. The van der Waals surface area contributed by atoms with Crippen LogP contribution >= 0.6 is 0 Å². The number of hydrogen-bond acceptors (Lipinski definition) is 6. The first-order chi connectivity index (χ1) is 11.1. The number of aromatic nitrogens is 4. The molecule has 124 valence electrons. The van der Waals surface area contributed by atoms with Gasteiger partial charge in [0.1, 0.15) is 6.33 Å². The lowest BCUT2D eigenvalue weighted by Gasteiger charge is -2.21. The number of tetrazole rings is 1. The molecule has 0 radical (unpaired) electrons. The molecule has 0 spiro atoms. The van der Waals surface area contributed by atoms with E-state index in [9.17, 15) is 8.42 Å². The molecule has 0 amide bonds. The van der Waals surface area contributed by atoms with Gasteiger partial charge in [-0.05, 0) is 54.6 Å². The van der Waals surface area contributed by atoms with Gasteiger partial charge in [0.15, 0.2) is 0 Å². The van der Waals surface area contributed by atoms with Gasteiger partial charge in [-0.1, -0.05) is 6.07 Å². The topological polar surface area (TPSA) is 84.2 Å². The summed E-state index contributed by atoms with van der Waals surface area (Å²) < 4.78 is 28.3. The van der Waals surface area contributed by atoms with Crippen LogP contribution in [0.5, 0.6) is 0 Å². The highest BCUT2D eigenvalue weighted by Gasteiger charge is 2.22. The Kier molecular flexibility index (Phi) is 4.69. The van der Waals surface area contributed by atoms with Crippen molar-refractivity contribution in [2.75, 3.05) is 33.2 Å². The van der Waals surface area contributed by atoms with Gasteiger partial charge in [0.25, 0.3) is 0 Å². The largest absolute Gasteiger partial charge is 0.302 e. The molecule has 1 aromatic heterocycles. The van der Waals surface area contributed by atoms with Crippen LogP contribution in [0.2, 0.25) is 0 Å². The van der Waals surface area contributed by atoms with E-state index in [-0.39, 0.29) is 4.90 Å². The molecule has 2 aromatic rings. The molecule has 3 rings (SSSR count). The van der Waals surface area contributed by atoms with Crippen molar-refractivity contribution >= 4 is 10.0 Å². The van der Waals surface area contributed by atoms with Gasteiger partial charge in [0, 0.05) is 20.1 Å². The van der Waals surface area contributed by atoms with Gasteiger partial charge in [-0.2, -0.15) is 4.31 Å². The van der Waals surface area contributed by atoms with E-state index in [1.54, 1.807) is 31.3 Å². The van der Waals surface area contributed by atoms with Crippen molar-refractivity contribution in [2.45, 2.75) is 17.7 Å². The molecule has 9 heteroatoms. The van der Waals surface area contributed by atoms with E-state index in [0.29, 0.717) is 12.2 Å². The summed E-state index contributed by atoms with van der Waals surface area (Å²) in [6.45, 7) is 3.37. The van der Waals surface area contributed by atoms with E-state index in [4.69, 9.17) is 0 Å². The van der Waals surface area contributed by atoms with Gasteiger partial charge in [-0.15, -0.1) is 5.10 Å². The van der Waals surface area contributed by atoms with Crippen LogP contribution in [0.25, 0.3) is 5.69 Å². The minimum atomic E-state index is -3.52. The van der Waals surface area contributed by atoms with Crippen LogP contribution in [-0.2, 0) is 10.0 Å². The number of benzene rings is 1. The third kappa shape index (κ3) is 3.57. The monoisotopic (exact) mass is 336 g/mol. The molecule has 8 nitrogen and oxygen atoms in total. The quantitative estimate of drug-likeness (QED) is 0.758. The Morgan fingerprint density at radius 2 is 2.04 bits per heavy atom. The molecule has 23 heavy (non-hydrogen) atoms. The van der Waals surface area contributed by atoms with Crippen molar-refractivity contribution in [3.63, 3.8) is 0 Å². The van der Waals surface area contributed by atoms with Crippen molar-refractivity contribution in [3.05, 3.63) is 30.6 Å². The van der Waals surface area contributed by atoms with Crippen LogP contribution in [0.15, 0.2) is 35.5 Å². The second-order valence-corrected chi connectivity index (χ2v) is 7.67. The predicted octanol–water partition coefficient (Wildman–Crippen LogP) is 0.379. The molecule has 1 aliphatic heterocycles. The minimum absolute atomic E-state index is 0.245. The molecule has 0 bridgehead atoms. The maximum absolute atomic E-state index is 12.7. The van der Waals surface area contributed by atoms with Gasteiger partial charge in [-0.25, -0.2) is 13.1 Å². The number of likely N-dealkylation sites (N-methyl/N-ethyl adjacent to an activating group) is 1. The van der Waals surface area contributed by atoms with Crippen LogP contribution < -0.4 is 0 Å². The highest BCUT2D eigenvalue weighted by atomic mass is 32.2. The second-order valence-electron chi connectivity index (χ2n) is 5.63. The summed E-state index contributed by atoms with van der Waals surface area (Å²) in [7, 11) is -1.90. The fourth-order valence-electron chi connectivity index (χ4n) is 2.65. The predicted molar refractivity (Wildman–Crippen MR) is 84.6 cm³/mol. The summed E-state index contributed by atoms with van der Waals surface area (Å²) in [4.78, 5) is 2.54. The van der Waals surface area contributed by atoms with Crippen molar-refractivity contribution in [1.82, 2.24) is 29.4 Å². The molecular formula is C14H20N6O2S. The van der Waals surface area contributed by atoms with E-state index in [1.165, 1.54) is 28.2 Å². The molecule has 1 saturated heterocycles. The van der Waals surface area contributed by atoms with Gasteiger partial charge < -0.3 is 4.90 Å². The van der Waals surface area contributed by atoms with E-state index in [0.717, 1.165) is 19.6 Å². The van der Waals surface area contributed by atoms with Crippen molar-refractivity contribution in [2.24, 2.45) is 0 Å². The summed E-state index contributed by atoms with van der Waals surface area (Å²) in [6, 6.07) is 6.63. The Bertz CT molecular complexity index is 740. The number of likely N-dealkylation sites (tertiary alicyclic amines) is 1. The van der Waals surface area contributed by atoms with Gasteiger partial charge in [0.2, 0.25) is 10.0 Å². The standard InChI is InChI=1S/C14H20N6O2S/c1-18(9-10-19-7-2-3-8-19)23(21,22)14-6-4-5-13(11-14)20-12-15-16-17-20/h4-6,11-12H,2-3,7-10H2,1H3. The van der Waals surface area contributed by atoms with Crippen LogP contribution in [0.3, 0.4) is 0 Å². The fourth-order valence-corrected chi connectivity index (χ4v) is 3.86. The van der Waals surface area contributed by atoms with Gasteiger partial charge >= 0.3 is 0 Å². The Morgan fingerprint density at radius 1 is 1.26 bits per heavy atom. The normalized spacial score (nSPS) is 16.3. The maximum atomic E-state index is 12.7. The molecule has 0 saturated carbocycles. The summed E-state index contributed by atoms with van der Waals surface area (Å²) in [5.41, 5.74) is 0.615. The molecule has 2 heterocycles. The van der Waals surface area contributed by atoms with E-state index in [1.807, 2.05) is 0 Å². The zero-order valence-electron chi connectivity index (χ0n) is 13.0. The summed E-state index contributed by atoms with van der Waals surface area (Å²) >= 11 is 0. The average molecular weight is 336 g/mol. The smallest absolute Gasteiger partial charge is 0.242 e. The molecule has 1 fully saturated rings. The number of nitrogens with zero attached hydrogens (tertiary/aromatic N) is 6. The van der Waals surface area contributed by atoms with Gasteiger partial charge in [0.05, 0.1) is 10.6 Å². The van der Waals surface area contributed by atoms with Gasteiger partial charge in [-0.3, -0.25) is 0 Å². The first kappa shape index (κ1) is 16.0. The number of hydrogen-bond donors (Lipinski definition) is 0. The first-order valence-electron chi connectivity index (χ1n) is 7.59. The lowest BCUT2D eigenvalue weighted by Crippen LogP contribution is -2.35. The minimum Gasteiger partial charge on any atom is -0.302 e. The molecule has 0 atom stereocenters. The zero-order valence-corrected chi connectivity index (χ0v) is 13.9. The Labute approximate surface area is 135 Å². The third-order valence-electron chi connectivity index (χ3n) is 4.07. The maximum Gasteiger partial charge on any atom is 0.242 e. The molecule has 1 aromatic carbocycles. The molecule has 0 aliphatic carbocycles. The number of sulfonamides is 1. The highest BCUT2D eigenvalue weighted by molar-refractivity contribution is 7.89. The highest BCUT2D eigenvalue weighted by Crippen LogP contribution is 2.18. The summed E-state index contributed by atoms with van der Waals surface area (Å²) in [5.74, 6) is 0. The Morgan fingerprint density at radius 3 is 2.74 bits per heavy atom. The fraction of sp³-hybridized carbons (Fsp3) is 0.500. The van der Waals surface area contributed by atoms with Crippen molar-refractivity contribution in [3.8, 4) is 5.69 Å². The van der Waals surface area contributed by atoms with Crippen LogP contribution in [0.4, 0.5) is 0 Å². The summed E-state index contributed by atoms with van der Waals surface area (Å²) in [5, 5.41) is 10.9. The van der Waals surface area contributed by atoms with Crippen LogP contribution in [0, 0.1) is 0 Å². The summed E-state index contributed by atoms with van der Waals surface area (Å²) in [6.07, 6.45) is 3.83. The molecular weight excluding hydrogens is 316 g/mol. The van der Waals surface area contributed by atoms with Crippen molar-refractivity contribution < 1.29 is 8.42 Å². The second kappa shape index (κ2) is 6.73. The average Bonchev–Trinajstić information content (AvgIpc) is 3.26. The number of rotatable bonds is 6. The Balaban J connectivity index is 1.74. The van der Waals surface area contributed by atoms with E-state index < -0.39 is 10.0 Å². The molecule has 0 unspecified atom stereocenters. The third-order valence-corrected chi connectivity index (χ3v) is 5.92.